The molecule has 0 aromatic heterocycles. The van der Waals surface area contributed by atoms with E-state index in [0.29, 0.717) is 0 Å². The maximum atomic E-state index is 11.2. The predicted octanol–water partition coefficient (Wildman–Crippen LogP) is 4.42. The fourth-order valence-corrected chi connectivity index (χ4v) is 2.42. The van der Waals surface area contributed by atoms with Gasteiger partial charge in [-0.1, -0.05) is 32.4 Å². The lowest BCUT2D eigenvalue weighted by atomic mass is 10.1. The van der Waals surface area contributed by atoms with Crippen molar-refractivity contribution in [2.45, 2.75) is 38.5 Å². The SMILES string of the molecule is CC(=O)c1cccc(SCCCC(C)C)c1. The van der Waals surface area contributed by atoms with Crippen molar-refractivity contribution in [1.29, 1.82) is 0 Å². The smallest absolute Gasteiger partial charge is 0.159 e. The molecule has 0 aliphatic heterocycles. The summed E-state index contributed by atoms with van der Waals surface area (Å²) in [6.45, 7) is 6.12. The topological polar surface area (TPSA) is 17.1 Å². The van der Waals surface area contributed by atoms with E-state index in [-0.39, 0.29) is 5.78 Å². The van der Waals surface area contributed by atoms with Gasteiger partial charge in [-0.25, -0.2) is 0 Å². The molecule has 0 saturated heterocycles. The molecule has 0 bridgehead atoms. The molecular weight excluding hydrogens is 216 g/mol. The molecule has 0 aliphatic rings. The van der Waals surface area contributed by atoms with Crippen LogP contribution < -0.4 is 0 Å². The lowest BCUT2D eigenvalue weighted by Gasteiger charge is -2.05. The molecule has 2 heteroatoms. The number of thioether (sulfide) groups is 1. The van der Waals surface area contributed by atoms with E-state index in [1.54, 1.807) is 6.92 Å². The molecule has 0 heterocycles. The van der Waals surface area contributed by atoms with Crippen LogP contribution in [-0.2, 0) is 0 Å². The Morgan fingerprint density at radius 2 is 2.12 bits per heavy atom. The molecule has 0 amide bonds. The van der Waals surface area contributed by atoms with Crippen molar-refractivity contribution >= 4 is 17.5 Å². The molecule has 0 saturated carbocycles. The first-order valence-electron chi connectivity index (χ1n) is 5.83. The van der Waals surface area contributed by atoms with E-state index in [2.05, 4.69) is 19.9 Å². The highest BCUT2D eigenvalue weighted by Crippen LogP contribution is 2.21. The van der Waals surface area contributed by atoms with Gasteiger partial charge >= 0.3 is 0 Å². The maximum Gasteiger partial charge on any atom is 0.159 e. The molecule has 0 radical (unpaired) electrons. The van der Waals surface area contributed by atoms with Gasteiger partial charge in [0, 0.05) is 10.5 Å². The first kappa shape index (κ1) is 13.3. The van der Waals surface area contributed by atoms with Crippen molar-refractivity contribution in [3.05, 3.63) is 29.8 Å². The second kappa shape index (κ2) is 6.74. The van der Waals surface area contributed by atoms with Crippen molar-refractivity contribution < 1.29 is 4.79 Å². The first-order chi connectivity index (χ1) is 7.59. The molecule has 88 valence electrons. The van der Waals surface area contributed by atoms with Crippen LogP contribution in [0.3, 0.4) is 0 Å². The molecule has 1 aromatic carbocycles. The second-order valence-corrected chi connectivity index (χ2v) is 5.64. The van der Waals surface area contributed by atoms with E-state index < -0.39 is 0 Å². The maximum absolute atomic E-state index is 11.2. The number of carbonyl (C=O) groups excluding carboxylic acids is 1. The summed E-state index contributed by atoms with van der Waals surface area (Å²) >= 11 is 1.84. The average molecular weight is 236 g/mol. The van der Waals surface area contributed by atoms with Gasteiger partial charge in [-0.3, -0.25) is 4.79 Å². The van der Waals surface area contributed by atoms with Gasteiger partial charge < -0.3 is 0 Å². The molecule has 0 N–H and O–H groups in total. The summed E-state index contributed by atoms with van der Waals surface area (Å²) in [5.41, 5.74) is 0.814. The number of carbonyl (C=O) groups is 1. The largest absolute Gasteiger partial charge is 0.295 e. The highest BCUT2D eigenvalue weighted by Gasteiger charge is 2.01. The van der Waals surface area contributed by atoms with Crippen molar-refractivity contribution in [3.63, 3.8) is 0 Å². The van der Waals surface area contributed by atoms with Gasteiger partial charge in [-0.2, -0.15) is 0 Å². The Hall–Kier alpha value is -0.760. The molecule has 1 rings (SSSR count). The molecule has 1 aromatic rings. The van der Waals surface area contributed by atoms with Gasteiger partial charge in [0.25, 0.3) is 0 Å². The van der Waals surface area contributed by atoms with Gasteiger partial charge in [0.05, 0.1) is 0 Å². The first-order valence-corrected chi connectivity index (χ1v) is 6.82. The third kappa shape index (κ3) is 4.84. The van der Waals surface area contributed by atoms with Crippen LogP contribution >= 0.6 is 11.8 Å². The minimum atomic E-state index is 0.143. The summed E-state index contributed by atoms with van der Waals surface area (Å²) in [4.78, 5) is 12.4. The summed E-state index contributed by atoms with van der Waals surface area (Å²) in [6.07, 6.45) is 2.52. The summed E-state index contributed by atoms with van der Waals surface area (Å²) in [6, 6.07) is 7.90. The van der Waals surface area contributed by atoms with Crippen LogP contribution in [0.5, 0.6) is 0 Å². The minimum Gasteiger partial charge on any atom is -0.295 e. The van der Waals surface area contributed by atoms with Crippen LogP contribution in [0.2, 0.25) is 0 Å². The molecule has 0 aliphatic carbocycles. The van der Waals surface area contributed by atoms with Crippen LogP contribution in [0.15, 0.2) is 29.2 Å². The zero-order chi connectivity index (χ0) is 12.0. The summed E-state index contributed by atoms with van der Waals surface area (Å²) in [5, 5.41) is 0. The Kier molecular flexibility index (Phi) is 5.61. The molecule has 1 nitrogen and oxygen atoms in total. The van der Waals surface area contributed by atoms with Gasteiger partial charge in [-0.05, 0) is 37.1 Å². The van der Waals surface area contributed by atoms with E-state index in [4.69, 9.17) is 0 Å². The van der Waals surface area contributed by atoms with Gasteiger partial charge in [0.15, 0.2) is 5.78 Å². The number of benzene rings is 1. The minimum absolute atomic E-state index is 0.143. The van der Waals surface area contributed by atoms with E-state index >= 15 is 0 Å². The lowest BCUT2D eigenvalue weighted by molar-refractivity contribution is 0.101. The molecule has 0 fully saturated rings. The normalized spacial score (nSPS) is 10.8. The number of hydrogen-bond donors (Lipinski definition) is 0. The Morgan fingerprint density at radius 1 is 1.38 bits per heavy atom. The van der Waals surface area contributed by atoms with Gasteiger partial charge in [0.2, 0.25) is 0 Å². The van der Waals surface area contributed by atoms with Crippen LogP contribution in [0, 0.1) is 5.92 Å². The van der Waals surface area contributed by atoms with Crippen LogP contribution in [0.4, 0.5) is 0 Å². The monoisotopic (exact) mass is 236 g/mol. The van der Waals surface area contributed by atoms with Gasteiger partial charge in [-0.15, -0.1) is 11.8 Å². The number of hydrogen-bond acceptors (Lipinski definition) is 2. The molecule has 0 spiro atoms. The van der Waals surface area contributed by atoms with E-state index in [9.17, 15) is 4.79 Å². The average Bonchev–Trinajstić information content (AvgIpc) is 2.24. The molecular formula is C14H20OS. The summed E-state index contributed by atoms with van der Waals surface area (Å²) < 4.78 is 0. The fraction of sp³-hybridized carbons (Fsp3) is 0.500. The second-order valence-electron chi connectivity index (χ2n) is 4.47. The van der Waals surface area contributed by atoms with Crippen LogP contribution in [-0.4, -0.2) is 11.5 Å². The molecule has 16 heavy (non-hydrogen) atoms. The summed E-state index contributed by atoms with van der Waals surface area (Å²) in [5.74, 6) is 2.06. The lowest BCUT2D eigenvalue weighted by Crippen LogP contribution is -1.92. The molecule has 0 unspecified atom stereocenters. The van der Waals surface area contributed by atoms with Crippen LogP contribution in [0.25, 0.3) is 0 Å². The van der Waals surface area contributed by atoms with Crippen molar-refractivity contribution in [2.24, 2.45) is 5.92 Å². The highest BCUT2D eigenvalue weighted by molar-refractivity contribution is 7.99. The summed E-state index contributed by atoms with van der Waals surface area (Å²) in [7, 11) is 0. The standard InChI is InChI=1S/C14H20OS/c1-11(2)6-5-9-16-14-8-4-7-13(10-14)12(3)15/h4,7-8,10-11H,5-6,9H2,1-3H3. The van der Waals surface area contributed by atoms with Crippen molar-refractivity contribution in [1.82, 2.24) is 0 Å². The van der Waals surface area contributed by atoms with E-state index in [1.807, 2.05) is 30.0 Å². The van der Waals surface area contributed by atoms with E-state index in [1.165, 1.54) is 17.7 Å². The van der Waals surface area contributed by atoms with Crippen molar-refractivity contribution in [3.8, 4) is 0 Å². The Labute approximate surface area is 103 Å². The Morgan fingerprint density at radius 3 is 2.75 bits per heavy atom. The predicted molar refractivity (Wildman–Crippen MR) is 71.2 cm³/mol. The third-order valence-corrected chi connectivity index (χ3v) is 3.52. The number of Topliss-reactive ketones (excluding diaryl/α,β-unsaturated/α-hetero) is 1. The zero-order valence-electron chi connectivity index (χ0n) is 10.3. The highest BCUT2D eigenvalue weighted by atomic mass is 32.2. The number of rotatable bonds is 6. The Bertz CT molecular complexity index is 344. The van der Waals surface area contributed by atoms with E-state index in [0.717, 1.165) is 17.2 Å². The quantitative estimate of drug-likeness (QED) is 0.413. The fourth-order valence-electron chi connectivity index (χ4n) is 1.49. The van der Waals surface area contributed by atoms with Crippen molar-refractivity contribution in [2.75, 3.05) is 5.75 Å². The van der Waals surface area contributed by atoms with Crippen LogP contribution in [0.1, 0.15) is 44.0 Å². The van der Waals surface area contributed by atoms with Gasteiger partial charge in [0.1, 0.15) is 0 Å². The number of ketones is 1. The zero-order valence-corrected chi connectivity index (χ0v) is 11.1. The Balaban J connectivity index is 2.42. The third-order valence-electron chi connectivity index (χ3n) is 2.44. The molecule has 0 atom stereocenters.